The van der Waals surface area contributed by atoms with Gasteiger partial charge in [0, 0.05) is 6.04 Å². The Morgan fingerprint density at radius 2 is 2.08 bits per heavy atom. The van der Waals surface area contributed by atoms with E-state index < -0.39 is 5.60 Å². The van der Waals surface area contributed by atoms with Crippen LogP contribution in [-0.4, -0.2) is 27.0 Å². The minimum atomic E-state index is -0.570. The molecule has 138 valence electrons. The van der Waals surface area contributed by atoms with Crippen molar-refractivity contribution in [3.8, 4) is 0 Å². The number of carbonyl (C=O) groups excluding carboxylic acids is 2. The zero-order valence-corrected chi connectivity index (χ0v) is 15.3. The monoisotopic (exact) mass is 355 g/mol. The maximum atomic E-state index is 12.8. The Morgan fingerprint density at radius 3 is 2.81 bits per heavy atom. The third-order valence-corrected chi connectivity index (χ3v) is 5.70. The number of imidazole rings is 1. The lowest BCUT2D eigenvalue weighted by Gasteiger charge is -2.28. The molecule has 1 spiro atoms. The molecule has 1 N–H and O–H groups in total. The first-order valence-corrected chi connectivity index (χ1v) is 9.45. The number of esters is 1. The number of nitrogens with one attached hydrogen (secondary N) is 1. The normalized spacial score (nSPS) is 21.7. The van der Waals surface area contributed by atoms with Gasteiger partial charge in [0.2, 0.25) is 5.91 Å². The minimum absolute atomic E-state index is 0.0971. The predicted octanol–water partition coefficient (Wildman–Crippen LogP) is 3.11. The minimum Gasteiger partial charge on any atom is -0.458 e. The lowest BCUT2D eigenvalue weighted by Crippen LogP contribution is -2.42. The number of amides is 1. The van der Waals surface area contributed by atoms with E-state index in [1.54, 1.807) is 0 Å². The second kappa shape index (κ2) is 6.41. The van der Waals surface area contributed by atoms with Crippen molar-refractivity contribution in [3.05, 3.63) is 30.1 Å². The number of benzene rings is 1. The molecular formula is C20H25N3O3. The van der Waals surface area contributed by atoms with Gasteiger partial charge in [0.05, 0.1) is 29.9 Å². The molecule has 1 aromatic carbocycles. The van der Waals surface area contributed by atoms with E-state index in [0.717, 1.165) is 42.5 Å². The van der Waals surface area contributed by atoms with Crippen molar-refractivity contribution >= 4 is 22.9 Å². The highest BCUT2D eigenvalue weighted by Gasteiger charge is 2.53. The predicted molar refractivity (Wildman–Crippen MR) is 97.4 cm³/mol. The number of rotatable bonds is 4. The lowest BCUT2D eigenvalue weighted by atomic mass is 9.85. The van der Waals surface area contributed by atoms with E-state index in [2.05, 4.69) is 28.7 Å². The van der Waals surface area contributed by atoms with Crippen molar-refractivity contribution in [1.82, 2.24) is 14.9 Å². The summed E-state index contributed by atoms with van der Waals surface area (Å²) in [5.41, 5.74) is 1.43. The summed E-state index contributed by atoms with van der Waals surface area (Å²) in [7, 11) is 0. The van der Waals surface area contributed by atoms with Crippen molar-refractivity contribution in [2.45, 2.75) is 64.1 Å². The fraction of sp³-hybridized carbons (Fsp3) is 0.550. The van der Waals surface area contributed by atoms with Gasteiger partial charge in [-0.1, -0.05) is 12.1 Å². The second-order valence-corrected chi connectivity index (χ2v) is 7.70. The molecule has 0 bridgehead atoms. The topological polar surface area (TPSA) is 73.2 Å². The molecule has 1 saturated carbocycles. The number of ether oxygens (including phenoxy) is 1. The molecule has 1 aliphatic heterocycles. The van der Waals surface area contributed by atoms with Gasteiger partial charge < -0.3 is 14.6 Å². The molecule has 0 radical (unpaired) electrons. The van der Waals surface area contributed by atoms with Crippen LogP contribution >= 0.6 is 0 Å². The molecule has 1 atom stereocenters. The third-order valence-electron chi connectivity index (χ3n) is 5.70. The lowest BCUT2D eigenvalue weighted by molar-refractivity contribution is -0.150. The Morgan fingerprint density at radius 1 is 1.35 bits per heavy atom. The van der Waals surface area contributed by atoms with Gasteiger partial charge in [-0.3, -0.25) is 9.59 Å². The average molecular weight is 355 g/mol. The first kappa shape index (κ1) is 17.1. The third kappa shape index (κ3) is 2.77. The van der Waals surface area contributed by atoms with Gasteiger partial charge in [-0.15, -0.1) is 0 Å². The SMILES string of the molecule is CC(C)n1c(CNC(=O)C2CC(=O)OC23CCCC3)nc2ccccc21. The number of carbonyl (C=O) groups is 2. The number of fused-ring (bicyclic) bond motifs is 1. The van der Waals surface area contributed by atoms with Gasteiger partial charge in [-0.2, -0.15) is 0 Å². The molecule has 1 saturated heterocycles. The highest BCUT2D eigenvalue weighted by molar-refractivity contribution is 5.88. The van der Waals surface area contributed by atoms with Crippen LogP contribution in [0.5, 0.6) is 0 Å². The molecule has 2 aliphatic rings. The first-order chi connectivity index (χ1) is 12.5. The van der Waals surface area contributed by atoms with E-state index in [9.17, 15) is 9.59 Å². The molecule has 26 heavy (non-hydrogen) atoms. The number of aromatic nitrogens is 2. The molecule has 2 heterocycles. The number of hydrogen-bond acceptors (Lipinski definition) is 4. The summed E-state index contributed by atoms with van der Waals surface area (Å²) >= 11 is 0. The van der Waals surface area contributed by atoms with Gasteiger partial charge >= 0.3 is 5.97 Å². The van der Waals surface area contributed by atoms with Gasteiger partial charge in [0.1, 0.15) is 11.4 Å². The number of nitrogens with zero attached hydrogens (tertiary/aromatic N) is 2. The Labute approximate surface area is 152 Å². The summed E-state index contributed by atoms with van der Waals surface area (Å²) < 4.78 is 7.74. The molecule has 2 aromatic rings. The molecule has 1 unspecified atom stereocenters. The van der Waals surface area contributed by atoms with Crippen LogP contribution in [0.1, 0.15) is 57.8 Å². The number of para-hydroxylation sites is 2. The van der Waals surface area contributed by atoms with E-state index in [1.165, 1.54) is 0 Å². The quantitative estimate of drug-likeness (QED) is 0.855. The molecule has 4 rings (SSSR count). The number of hydrogen-bond donors (Lipinski definition) is 1. The molecule has 1 aliphatic carbocycles. The van der Waals surface area contributed by atoms with Crippen LogP contribution in [0.3, 0.4) is 0 Å². The highest BCUT2D eigenvalue weighted by Crippen LogP contribution is 2.45. The van der Waals surface area contributed by atoms with Crippen molar-refractivity contribution in [3.63, 3.8) is 0 Å². The first-order valence-electron chi connectivity index (χ1n) is 9.45. The van der Waals surface area contributed by atoms with Crippen LogP contribution < -0.4 is 5.32 Å². The zero-order chi connectivity index (χ0) is 18.3. The molecule has 6 heteroatoms. The highest BCUT2D eigenvalue weighted by atomic mass is 16.6. The Hall–Kier alpha value is -2.37. The van der Waals surface area contributed by atoms with Gasteiger partial charge in [-0.25, -0.2) is 4.98 Å². The maximum absolute atomic E-state index is 12.8. The van der Waals surface area contributed by atoms with Gasteiger partial charge in [0.15, 0.2) is 0 Å². The van der Waals surface area contributed by atoms with Crippen LogP contribution in [0, 0.1) is 5.92 Å². The summed E-state index contributed by atoms with van der Waals surface area (Å²) in [6.07, 6.45) is 3.80. The van der Waals surface area contributed by atoms with Gasteiger partial charge in [-0.05, 0) is 51.7 Å². The smallest absolute Gasteiger partial charge is 0.307 e. The van der Waals surface area contributed by atoms with Crippen molar-refractivity contribution in [2.24, 2.45) is 5.92 Å². The van der Waals surface area contributed by atoms with E-state index in [-0.39, 0.29) is 30.3 Å². The summed E-state index contributed by atoms with van der Waals surface area (Å²) in [6, 6.07) is 8.23. The van der Waals surface area contributed by atoms with Crippen molar-refractivity contribution in [2.75, 3.05) is 0 Å². The summed E-state index contributed by atoms with van der Waals surface area (Å²) in [6.45, 7) is 4.57. The standard InChI is InChI=1S/C20H25N3O3/c1-13(2)23-16-8-4-3-7-15(16)22-17(23)12-21-19(25)14-11-18(24)26-20(14)9-5-6-10-20/h3-4,7-8,13-14H,5-6,9-12H2,1-2H3,(H,21,25). The van der Waals surface area contributed by atoms with Crippen LogP contribution in [-0.2, 0) is 20.9 Å². The molecule has 6 nitrogen and oxygen atoms in total. The largest absolute Gasteiger partial charge is 0.458 e. The van der Waals surface area contributed by atoms with E-state index in [1.807, 2.05) is 24.3 Å². The Balaban J connectivity index is 1.54. The summed E-state index contributed by atoms with van der Waals surface area (Å²) in [5.74, 6) is 0.108. The van der Waals surface area contributed by atoms with Gasteiger partial charge in [0.25, 0.3) is 0 Å². The van der Waals surface area contributed by atoms with Crippen molar-refractivity contribution in [1.29, 1.82) is 0 Å². The fourth-order valence-corrected chi connectivity index (χ4v) is 4.53. The van der Waals surface area contributed by atoms with Crippen LogP contribution in [0.15, 0.2) is 24.3 Å². The Kier molecular flexibility index (Phi) is 4.21. The Bertz CT molecular complexity index is 849. The van der Waals surface area contributed by atoms with Crippen LogP contribution in [0.4, 0.5) is 0 Å². The second-order valence-electron chi connectivity index (χ2n) is 7.70. The average Bonchev–Trinajstić information content (AvgIpc) is 3.30. The van der Waals surface area contributed by atoms with E-state index in [0.29, 0.717) is 6.54 Å². The molecular weight excluding hydrogens is 330 g/mol. The van der Waals surface area contributed by atoms with E-state index >= 15 is 0 Å². The summed E-state index contributed by atoms with van der Waals surface area (Å²) in [5, 5.41) is 3.01. The van der Waals surface area contributed by atoms with Crippen LogP contribution in [0.25, 0.3) is 11.0 Å². The van der Waals surface area contributed by atoms with E-state index in [4.69, 9.17) is 4.74 Å². The summed E-state index contributed by atoms with van der Waals surface area (Å²) in [4.78, 5) is 29.4. The molecule has 1 aromatic heterocycles. The fourth-order valence-electron chi connectivity index (χ4n) is 4.53. The molecule has 2 fully saturated rings. The maximum Gasteiger partial charge on any atom is 0.307 e. The van der Waals surface area contributed by atoms with Crippen LogP contribution in [0.2, 0.25) is 0 Å². The molecule has 1 amide bonds. The zero-order valence-electron chi connectivity index (χ0n) is 15.3. The van der Waals surface area contributed by atoms with Crippen molar-refractivity contribution < 1.29 is 14.3 Å².